The molecule has 1 N–H and O–H groups in total. The van der Waals surface area contributed by atoms with Crippen LogP contribution in [0.1, 0.15) is 23.8 Å². The Balaban J connectivity index is 1.52. The summed E-state index contributed by atoms with van der Waals surface area (Å²) in [6, 6.07) is 8.83. The normalized spacial score (nSPS) is 18.4. The van der Waals surface area contributed by atoms with Crippen LogP contribution in [0.3, 0.4) is 0 Å². The number of rotatable bonds is 4. The van der Waals surface area contributed by atoms with Gasteiger partial charge in [0.15, 0.2) is 11.6 Å². The van der Waals surface area contributed by atoms with Crippen LogP contribution >= 0.6 is 0 Å². The first kappa shape index (κ1) is 20.6. The van der Waals surface area contributed by atoms with Crippen molar-refractivity contribution in [2.75, 3.05) is 7.05 Å². The number of amides is 2. The predicted molar refractivity (Wildman–Crippen MR) is 113 cm³/mol. The van der Waals surface area contributed by atoms with Crippen molar-refractivity contribution in [2.24, 2.45) is 9.98 Å². The van der Waals surface area contributed by atoms with Crippen LogP contribution in [-0.4, -0.2) is 46.0 Å². The second-order valence-electron chi connectivity index (χ2n) is 7.55. The summed E-state index contributed by atoms with van der Waals surface area (Å²) in [6.45, 7) is 3.96. The van der Waals surface area contributed by atoms with Gasteiger partial charge in [-0.2, -0.15) is 4.99 Å². The highest BCUT2D eigenvalue weighted by Gasteiger charge is 2.23. The van der Waals surface area contributed by atoms with E-state index in [0.29, 0.717) is 17.5 Å². The summed E-state index contributed by atoms with van der Waals surface area (Å²) in [7, 11) is 1.71. The van der Waals surface area contributed by atoms with Gasteiger partial charge in [0.05, 0.1) is 12.6 Å². The van der Waals surface area contributed by atoms with Crippen molar-refractivity contribution in [2.45, 2.75) is 32.5 Å². The minimum absolute atomic E-state index is 0.161. The van der Waals surface area contributed by atoms with Crippen LogP contribution in [0.15, 0.2) is 57.0 Å². The Hall–Kier alpha value is -3.65. The third kappa shape index (κ3) is 4.15. The van der Waals surface area contributed by atoms with E-state index in [0.717, 1.165) is 22.3 Å². The monoisotopic (exact) mass is 418 g/mol. The van der Waals surface area contributed by atoms with Gasteiger partial charge in [0.25, 0.3) is 5.91 Å². The highest BCUT2D eigenvalue weighted by atomic mass is 16.3. The molecule has 2 aromatic heterocycles. The van der Waals surface area contributed by atoms with Crippen molar-refractivity contribution < 1.29 is 19.1 Å². The third-order valence-corrected chi connectivity index (χ3v) is 5.26. The van der Waals surface area contributed by atoms with Crippen LogP contribution in [0.25, 0.3) is 17.0 Å². The molecule has 0 saturated carbocycles. The van der Waals surface area contributed by atoms with Crippen LogP contribution in [0.4, 0.5) is 0 Å². The highest BCUT2D eigenvalue weighted by molar-refractivity contribution is 5.91. The van der Waals surface area contributed by atoms with Gasteiger partial charge in [-0.25, -0.2) is 4.98 Å². The summed E-state index contributed by atoms with van der Waals surface area (Å²) in [4.78, 5) is 38.2. The molecular weight excluding hydrogens is 396 g/mol. The Labute approximate surface area is 178 Å². The molecule has 0 unspecified atom stereocenters. The van der Waals surface area contributed by atoms with Gasteiger partial charge in [-0.3, -0.25) is 14.6 Å². The molecule has 0 bridgehead atoms. The summed E-state index contributed by atoms with van der Waals surface area (Å²) in [5, 5.41) is 11.3. The zero-order valence-corrected chi connectivity index (χ0v) is 17.4. The highest BCUT2D eigenvalue weighted by Crippen LogP contribution is 2.25. The minimum atomic E-state index is -1.29. The van der Waals surface area contributed by atoms with Crippen LogP contribution < -0.4 is 10.8 Å². The van der Waals surface area contributed by atoms with Crippen molar-refractivity contribution in [1.82, 2.24) is 9.88 Å². The van der Waals surface area contributed by atoms with E-state index < -0.39 is 18.1 Å². The number of aromatic nitrogens is 1. The first-order valence-corrected chi connectivity index (χ1v) is 9.88. The lowest BCUT2D eigenvalue weighted by molar-refractivity contribution is -0.126. The average Bonchev–Trinajstić information content (AvgIpc) is 3.02. The molecule has 0 spiro atoms. The molecule has 1 aromatic carbocycles. The first-order valence-electron chi connectivity index (χ1n) is 9.88. The van der Waals surface area contributed by atoms with Crippen LogP contribution in [0, 0.1) is 6.92 Å². The fraction of sp³-hybridized carbons (Fsp3) is 0.261. The number of aliphatic hydroxyl groups excluding tert-OH is 1. The molecule has 4 rings (SSSR count). The Morgan fingerprint density at radius 1 is 1.32 bits per heavy atom. The summed E-state index contributed by atoms with van der Waals surface area (Å²) < 4.78 is 5.89. The van der Waals surface area contributed by atoms with Gasteiger partial charge in [0.1, 0.15) is 16.7 Å². The molecule has 8 heteroatoms. The topological polar surface area (TPSA) is 108 Å². The SMILES string of the molecule is Cc1c(CN(C)C(=O)/C=C/c2cnc3c(c2)=N[C@H](C)[C@H](O)C(=O)N=3)oc2ccccc12. The Bertz CT molecular complexity index is 1330. The predicted octanol–water partition coefficient (Wildman–Crippen LogP) is 1.34. The van der Waals surface area contributed by atoms with Crippen molar-refractivity contribution >= 4 is 28.9 Å². The Morgan fingerprint density at radius 2 is 2.10 bits per heavy atom. The average molecular weight is 418 g/mol. The number of nitrogens with zero attached hydrogens (tertiary/aromatic N) is 4. The molecule has 3 aromatic rings. The molecule has 2 amide bonds. The van der Waals surface area contributed by atoms with E-state index in [1.165, 1.54) is 12.3 Å². The van der Waals surface area contributed by atoms with Crippen molar-refractivity contribution in [3.63, 3.8) is 0 Å². The van der Waals surface area contributed by atoms with Gasteiger partial charge in [-0.05, 0) is 37.6 Å². The van der Waals surface area contributed by atoms with Gasteiger partial charge >= 0.3 is 0 Å². The minimum Gasteiger partial charge on any atom is -0.459 e. The summed E-state index contributed by atoms with van der Waals surface area (Å²) >= 11 is 0. The maximum atomic E-state index is 12.6. The molecule has 0 radical (unpaired) electrons. The van der Waals surface area contributed by atoms with Gasteiger partial charge in [-0.15, -0.1) is 0 Å². The van der Waals surface area contributed by atoms with E-state index in [1.807, 2.05) is 31.2 Å². The molecule has 0 aliphatic carbocycles. The molecule has 0 saturated heterocycles. The maximum absolute atomic E-state index is 12.6. The fourth-order valence-corrected chi connectivity index (χ4v) is 3.36. The van der Waals surface area contributed by atoms with E-state index in [1.54, 1.807) is 31.0 Å². The second-order valence-corrected chi connectivity index (χ2v) is 7.55. The third-order valence-electron chi connectivity index (χ3n) is 5.26. The van der Waals surface area contributed by atoms with E-state index in [9.17, 15) is 14.7 Å². The number of aliphatic hydroxyl groups is 1. The van der Waals surface area contributed by atoms with Crippen LogP contribution in [0.2, 0.25) is 0 Å². The number of para-hydroxylation sites is 1. The summed E-state index contributed by atoms with van der Waals surface area (Å²) in [5.41, 5.74) is 2.62. The maximum Gasteiger partial charge on any atom is 0.278 e. The van der Waals surface area contributed by atoms with Gasteiger partial charge in [0, 0.05) is 30.3 Å². The van der Waals surface area contributed by atoms with Crippen molar-refractivity contribution in [3.8, 4) is 0 Å². The van der Waals surface area contributed by atoms with E-state index >= 15 is 0 Å². The molecule has 0 fully saturated rings. The fourth-order valence-electron chi connectivity index (χ4n) is 3.36. The zero-order chi connectivity index (χ0) is 22.1. The van der Waals surface area contributed by atoms with E-state index in [-0.39, 0.29) is 11.4 Å². The molecule has 1 aliphatic rings. The molecule has 3 heterocycles. The van der Waals surface area contributed by atoms with E-state index in [2.05, 4.69) is 15.0 Å². The van der Waals surface area contributed by atoms with Crippen LogP contribution in [-0.2, 0) is 16.1 Å². The molecule has 158 valence electrons. The number of furan rings is 1. The quantitative estimate of drug-likeness (QED) is 0.643. The summed E-state index contributed by atoms with van der Waals surface area (Å²) in [6.07, 6.45) is 3.28. The summed E-state index contributed by atoms with van der Waals surface area (Å²) in [5.74, 6) is -0.117. The lowest BCUT2D eigenvalue weighted by Gasteiger charge is -2.13. The van der Waals surface area contributed by atoms with Gasteiger partial charge < -0.3 is 14.4 Å². The lowest BCUT2D eigenvalue weighted by atomic mass is 10.1. The van der Waals surface area contributed by atoms with Crippen LogP contribution in [0.5, 0.6) is 0 Å². The Morgan fingerprint density at radius 3 is 2.87 bits per heavy atom. The number of hydrogen-bond acceptors (Lipinski definition) is 6. The molecule has 1 aliphatic heterocycles. The number of likely N-dealkylation sites (N-methyl/N-ethyl adjacent to an activating group) is 1. The second kappa shape index (κ2) is 8.23. The smallest absolute Gasteiger partial charge is 0.278 e. The van der Waals surface area contributed by atoms with Crippen molar-refractivity contribution in [3.05, 3.63) is 70.3 Å². The molecule has 8 nitrogen and oxygen atoms in total. The number of benzene rings is 1. The van der Waals surface area contributed by atoms with E-state index in [4.69, 9.17) is 4.42 Å². The lowest BCUT2D eigenvalue weighted by Crippen LogP contribution is -2.29. The standard InChI is InChI=1S/C23H22N4O4/c1-13-16-6-4-5-7-18(16)31-19(13)12-27(3)20(28)9-8-15-10-17-22(24-11-15)26-23(30)21(29)14(2)25-17/h4-11,14,21,29H,12H2,1-3H3/b9-8+/t14-,21+/m1/s1. The van der Waals surface area contributed by atoms with Gasteiger partial charge in [0.2, 0.25) is 5.91 Å². The molecular formula is C23H22N4O4. The number of carbonyl (C=O) groups excluding carboxylic acids is 2. The number of pyridine rings is 1. The number of carbonyl (C=O) groups is 2. The number of aryl methyl sites for hydroxylation is 1. The number of fused-ring (bicyclic) bond motifs is 2. The Kier molecular flexibility index (Phi) is 5.48. The number of hydrogen-bond donors (Lipinski definition) is 1. The van der Waals surface area contributed by atoms with Gasteiger partial charge in [-0.1, -0.05) is 18.2 Å². The zero-order valence-electron chi connectivity index (χ0n) is 17.4. The molecule has 31 heavy (non-hydrogen) atoms. The largest absolute Gasteiger partial charge is 0.459 e. The molecule has 2 atom stereocenters. The first-order chi connectivity index (χ1) is 14.8. The van der Waals surface area contributed by atoms with Crippen molar-refractivity contribution in [1.29, 1.82) is 0 Å².